The first kappa shape index (κ1) is 32.7. The molecule has 202 valence electrons. The summed E-state index contributed by atoms with van der Waals surface area (Å²) in [6.07, 6.45) is 12.1. The molecule has 1 aliphatic heterocycles. The van der Waals surface area contributed by atoms with Gasteiger partial charge in [0, 0.05) is 0 Å². The van der Waals surface area contributed by atoms with Crippen LogP contribution in [0.2, 0.25) is 34.8 Å². The molecule has 4 atom stereocenters. The van der Waals surface area contributed by atoms with Crippen LogP contribution in [0.5, 0.6) is 0 Å². The highest BCUT2D eigenvalue weighted by Crippen LogP contribution is 2.44. The molecule has 1 aliphatic rings. The van der Waals surface area contributed by atoms with Crippen molar-refractivity contribution in [3.8, 4) is 11.5 Å². The van der Waals surface area contributed by atoms with E-state index in [1.165, 1.54) is 0 Å². The van der Waals surface area contributed by atoms with Crippen LogP contribution in [0.3, 0.4) is 0 Å². The van der Waals surface area contributed by atoms with Crippen LogP contribution in [0.1, 0.15) is 94.9 Å². The summed E-state index contributed by atoms with van der Waals surface area (Å²) in [4.78, 5) is 0. The van der Waals surface area contributed by atoms with Gasteiger partial charge in [0.2, 0.25) is 8.32 Å². The Labute approximate surface area is 225 Å². The molecule has 0 radical (unpaired) electrons. The lowest BCUT2D eigenvalue weighted by molar-refractivity contribution is -0.0719. The minimum absolute atomic E-state index is 0.0406. The van der Waals surface area contributed by atoms with Crippen LogP contribution in [0.15, 0.2) is 24.3 Å². The Bertz CT molecular complexity index is 731. The van der Waals surface area contributed by atoms with E-state index >= 15 is 0 Å². The highest BCUT2D eigenvalue weighted by atomic mass is 35.5. The van der Waals surface area contributed by atoms with E-state index in [-0.39, 0.29) is 28.7 Å². The molecule has 0 saturated carbocycles. The Hall–Kier alpha value is -0.316. The van der Waals surface area contributed by atoms with Crippen molar-refractivity contribution >= 4 is 28.0 Å². The number of hydrogen-bond acceptors (Lipinski definition) is 2. The summed E-state index contributed by atoms with van der Waals surface area (Å²) in [6.45, 7) is 27.9. The van der Waals surface area contributed by atoms with Crippen LogP contribution in [0, 0.1) is 11.5 Å². The number of alkyl halides is 1. The normalized spacial score (nSPS) is 25.9. The van der Waals surface area contributed by atoms with E-state index in [1.54, 1.807) is 0 Å². The first-order valence-electron chi connectivity index (χ1n) is 13.9. The smallest absolute Gasteiger partial charge is 0.200 e. The number of ether oxygens (including phenoxy) is 1. The van der Waals surface area contributed by atoms with Crippen LogP contribution < -0.4 is 0 Å². The Balaban J connectivity index is 3.12. The molecule has 0 N–H and O–H groups in total. The second-order valence-corrected chi connectivity index (χ2v) is 23.8. The second-order valence-electron chi connectivity index (χ2n) is 12.8. The maximum Gasteiger partial charge on any atom is 0.200 e. The minimum Gasteiger partial charge on any atom is -0.410 e. The molecule has 0 aromatic heterocycles. The van der Waals surface area contributed by atoms with E-state index in [0.717, 1.165) is 25.7 Å². The first-order chi connectivity index (χ1) is 16.1. The molecule has 1 rings (SSSR count). The number of hydrogen-bond donors (Lipinski definition) is 0. The van der Waals surface area contributed by atoms with E-state index in [9.17, 15) is 0 Å². The number of rotatable bonds is 8. The van der Waals surface area contributed by atoms with Crippen molar-refractivity contribution in [3.63, 3.8) is 0 Å². The SMILES string of the molecule is CC[C@H]1O[C@@H](C/C=C\C#C[Si](C)(C)C(C)(C)C)[C@@H](Cl)C/C=C\C[C@@H]1O[Si](C(C)C)(C(C)C)C(C)C. The predicted molar refractivity (Wildman–Crippen MR) is 162 cm³/mol. The van der Waals surface area contributed by atoms with Gasteiger partial charge in [0.1, 0.15) is 8.07 Å². The monoisotopic (exact) mass is 538 g/mol. The van der Waals surface area contributed by atoms with Crippen molar-refractivity contribution in [3.05, 3.63) is 24.3 Å². The van der Waals surface area contributed by atoms with Gasteiger partial charge in [-0.05, 0) is 53.4 Å². The summed E-state index contributed by atoms with van der Waals surface area (Å²) in [7, 11) is -3.61. The highest BCUT2D eigenvalue weighted by molar-refractivity contribution is 6.87. The molecule has 0 aromatic carbocycles. The van der Waals surface area contributed by atoms with Crippen molar-refractivity contribution in [2.45, 2.75) is 153 Å². The fourth-order valence-electron chi connectivity index (χ4n) is 5.18. The fourth-order valence-corrected chi connectivity index (χ4v) is 11.9. The lowest BCUT2D eigenvalue weighted by Gasteiger charge is -2.46. The third-order valence-corrected chi connectivity index (χ3v) is 19.5. The topological polar surface area (TPSA) is 18.5 Å². The van der Waals surface area contributed by atoms with E-state index in [4.69, 9.17) is 20.8 Å². The van der Waals surface area contributed by atoms with E-state index < -0.39 is 16.4 Å². The molecule has 0 unspecified atom stereocenters. The van der Waals surface area contributed by atoms with Gasteiger partial charge in [0.15, 0.2) is 0 Å². The van der Waals surface area contributed by atoms with Crippen molar-refractivity contribution in [2.24, 2.45) is 0 Å². The molecule has 0 fully saturated rings. The summed E-state index contributed by atoms with van der Waals surface area (Å²) in [5.41, 5.74) is 5.22. The third-order valence-electron chi connectivity index (χ3n) is 8.36. The second kappa shape index (κ2) is 14.0. The van der Waals surface area contributed by atoms with Crippen molar-refractivity contribution in [2.75, 3.05) is 0 Å². The summed E-state index contributed by atoms with van der Waals surface area (Å²) in [5.74, 6) is 3.33. The molecule has 5 heteroatoms. The van der Waals surface area contributed by atoms with Gasteiger partial charge in [0.25, 0.3) is 0 Å². The highest BCUT2D eigenvalue weighted by Gasteiger charge is 2.47. The predicted octanol–water partition coefficient (Wildman–Crippen LogP) is 9.67. The molecule has 0 spiro atoms. The van der Waals surface area contributed by atoms with Crippen LogP contribution in [0.4, 0.5) is 0 Å². The Morgan fingerprint density at radius 2 is 1.54 bits per heavy atom. The lowest BCUT2D eigenvalue weighted by Crippen LogP contribution is -2.53. The molecule has 0 aromatic rings. The maximum absolute atomic E-state index is 7.24. The molecular weight excluding hydrogens is 484 g/mol. The first-order valence-corrected chi connectivity index (χ1v) is 19.5. The summed E-state index contributed by atoms with van der Waals surface area (Å²) < 4.78 is 14.0. The van der Waals surface area contributed by atoms with Gasteiger partial charge < -0.3 is 9.16 Å². The maximum atomic E-state index is 7.24. The van der Waals surface area contributed by atoms with Gasteiger partial charge in [-0.25, -0.2) is 0 Å². The van der Waals surface area contributed by atoms with Gasteiger partial charge in [-0.3, -0.25) is 0 Å². The summed E-state index contributed by atoms with van der Waals surface area (Å²) in [6, 6.07) is 0. The molecular formula is C30H55ClO2Si2. The third kappa shape index (κ3) is 8.89. The van der Waals surface area contributed by atoms with Crippen LogP contribution in [-0.2, 0) is 9.16 Å². The van der Waals surface area contributed by atoms with Gasteiger partial charge in [-0.1, -0.05) is 106 Å². The van der Waals surface area contributed by atoms with Crippen LogP contribution >= 0.6 is 11.6 Å². The largest absolute Gasteiger partial charge is 0.410 e. The van der Waals surface area contributed by atoms with Crippen LogP contribution in [0.25, 0.3) is 0 Å². The molecule has 35 heavy (non-hydrogen) atoms. The van der Waals surface area contributed by atoms with Gasteiger partial charge in [-0.2, -0.15) is 0 Å². The summed E-state index contributed by atoms with van der Waals surface area (Å²) >= 11 is 6.86. The van der Waals surface area contributed by atoms with Gasteiger partial charge in [0.05, 0.1) is 23.7 Å². The summed E-state index contributed by atoms with van der Waals surface area (Å²) in [5, 5.41) is 0.214. The van der Waals surface area contributed by atoms with Crippen LogP contribution in [-0.4, -0.2) is 40.1 Å². The van der Waals surface area contributed by atoms with Crippen molar-refractivity contribution in [1.29, 1.82) is 0 Å². The van der Waals surface area contributed by atoms with Gasteiger partial charge in [-0.15, -0.1) is 17.1 Å². The molecule has 0 aliphatic carbocycles. The average Bonchev–Trinajstić information content (AvgIpc) is 2.80. The Morgan fingerprint density at radius 3 is 2.03 bits per heavy atom. The molecule has 1 heterocycles. The lowest BCUT2D eigenvalue weighted by atomic mass is 10.1. The minimum atomic E-state index is -2.01. The van der Waals surface area contributed by atoms with Gasteiger partial charge >= 0.3 is 0 Å². The molecule has 2 nitrogen and oxygen atoms in total. The van der Waals surface area contributed by atoms with E-state index in [0.29, 0.717) is 16.6 Å². The average molecular weight is 539 g/mol. The molecule has 0 bridgehead atoms. The zero-order valence-electron chi connectivity index (χ0n) is 24.9. The van der Waals surface area contributed by atoms with Crippen molar-refractivity contribution in [1.82, 2.24) is 0 Å². The van der Waals surface area contributed by atoms with Crippen molar-refractivity contribution < 1.29 is 9.16 Å². The standard InChI is InChI=1S/C30H55ClO2Si2/c1-13-27-29(33-35(23(2)3,24(4)5)25(6)7)21-17-16-19-26(31)28(32-27)20-15-14-18-22-34(11,12)30(8,9)10/h14-17,23-29H,13,19-21H2,1-12H3/b15-14-,17-16-/t26-,27+,28-,29-/m0/s1. The van der Waals surface area contributed by atoms with E-state index in [2.05, 4.69) is 112 Å². The molecule has 0 saturated heterocycles. The van der Waals surface area contributed by atoms with E-state index in [1.807, 2.05) is 6.08 Å². The number of halogens is 1. The molecule has 0 amide bonds. The Morgan fingerprint density at radius 1 is 1.00 bits per heavy atom. The Kier molecular flexibility index (Phi) is 13.1. The number of allylic oxidation sites excluding steroid dienone is 2. The zero-order valence-corrected chi connectivity index (χ0v) is 27.6. The zero-order chi connectivity index (χ0) is 27.0. The fraction of sp³-hybridized carbons (Fsp3) is 0.800. The quantitative estimate of drug-likeness (QED) is 0.132.